The van der Waals surface area contributed by atoms with Crippen LogP contribution in [0.2, 0.25) is 0 Å². The Hall–Kier alpha value is -3.14. The van der Waals surface area contributed by atoms with Crippen molar-refractivity contribution in [3.8, 4) is 0 Å². The number of rotatable bonds is 11. The van der Waals surface area contributed by atoms with Gasteiger partial charge in [-0.1, -0.05) is 35.9 Å². The number of hydrogen-bond acceptors (Lipinski definition) is 7. The fourth-order valence-corrected chi connectivity index (χ4v) is 6.38. The lowest BCUT2D eigenvalue weighted by molar-refractivity contribution is -0.228. The highest BCUT2D eigenvalue weighted by atomic mass is 16.7. The first-order chi connectivity index (χ1) is 20.2. The second-order valence-corrected chi connectivity index (χ2v) is 12.1. The highest BCUT2D eigenvalue weighted by Gasteiger charge is 2.44. The van der Waals surface area contributed by atoms with Crippen molar-refractivity contribution in [1.29, 1.82) is 0 Å². The molecule has 2 aliphatic heterocycles. The number of hydrogen-bond donors (Lipinski definition) is 1. The Morgan fingerprint density at radius 1 is 1.12 bits per heavy atom. The molecule has 1 aromatic carbocycles. The first-order valence-corrected chi connectivity index (χ1v) is 15.1. The largest absolute Gasteiger partial charge is 0.490 e. The van der Waals surface area contributed by atoms with Crippen molar-refractivity contribution in [2.75, 3.05) is 26.9 Å². The number of fused-ring (bicyclic) bond motifs is 2. The molecule has 0 saturated carbocycles. The highest BCUT2D eigenvalue weighted by molar-refractivity contribution is 5.81. The molecule has 0 aromatic heterocycles. The van der Waals surface area contributed by atoms with Gasteiger partial charge < -0.3 is 28.8 Å². The molecular weight excluding hydrogens is 538 g/mol. The van der Waals surface area contributed by atoms with Gasteiger partial charge in [-0.15, -0.1) is 0 Å². The number of likely N-dealkylation sites (N-methyl/N-ethyl adjacent to an activating group) is 1. The quantitative estimate of drug-likeness (QED) is 0.349. The molecule has 5 rings (SSSR count). The zero-order valence-corrected chi connectivity index (χ0v) is 24.8. The Labute approximate surface area is 248 Å². The number of carbonyl (C=O) groups excluding carboxylic acids is 1. The zero-order valence-electron chi connectivity index (χ0n) is 24.8. The van der Waals surface area contributed by atoms with Gasteiger partial charge in [-0.25, -0.2) is 9.59 Å². The molecule has 9 heteroatoms. The first-order valence-electron chi connectivity index (χ1n) is 15.1. The van der Waals surface area contributed by atoms with Crippen LogP contribution in [0.1, 0.15) is 75.8 Å². The minimum Gasteiger partial charge on any atom is -0.490 e. The second-order valence-electron chi connectivity index (χ2n) is 12.1. The predicted octanol–water partition coefficient (Wildman–Crippen LogP) is 5.81. The van der Waals surface area contributed by atoms with E-state index in [-0.39, 0.29) is 25.4 Å². The van der Waals surface area contributed by atoms with Crippen LogP contribution in [0.4, 0.5) is 4.79 Å². The molecule has 1 fully saturated rings. The van der Waals surface area contributed by atoms with E-state index in [9.17, 15) is 14.7 Å². The van der Waals surface area contributed by atoms with Gasteiger partial charge in [-0.05, 0) is 87.6 Å². The molecule has 2 heterocycles. The number of nitrogens with zero attached hydrogens (tertiary/aromatic N) is 1. The first kappa shape index (κ1) is 30.3. The standard InChI is InChI=1S/C33H43NO8/c1-33(2,42-28-17-9-11-19-40-28)21-38-20-26(31(35)36)34(3)32(37)41-30(27-16-8-10-18-39-27)29-24-14-6-4-12-22(24)23-13-5-7-15-25(23)29/h4,6,8,10,12,14,16,18,26-30H,5,7,9,11,13,15,17,19-21H2,1-3H3,(H,35,36)/t26-,27?,28?,29?,30?/m0/s1. The van der Waals surface area contributed by atoms with E-state index < -0.39 is 35.9 Å². The Kier molecular flexibility index (Phi) is 9.70. The van der Waals surface area contributed by atoms with Crippen molar-refractivity contribution >= 4 is 17.6 Å². The van der Waals surface area contributed by atoms with E-state index in [1.807, 2.05) is 38.1 Å². The summed E-state index contributed by atoms with van der Waals surface area (Å²) in [6, 6.07) is 7.04. The number of benzene rings is 1. The number of carboxylic acid groups (broad SMARTS) is 1. The van der Waals surface area contributed by atoms with E-state index in [0.29, 0.717) is 6.61 Å². The Morgan fingerprint density at radius 2 is 1.93 bits per heavy atom. The van der Waals surface area contributed by atoms with Gasteiger partial charge in [0.05, 0.1) is 25.1 Å². The lowest BCUT2D eigenvalue weighted by atomic mass is 9.82. The SMILES string of the molecule is CN(C(=O)OC(C1C=CC=CO1)C1C2=C(CCCC2)c2ccccc21)[C@@H](COCC(C)(C)OC1CCCCO1)C(=O)O. The normalized spacial score (nSPS) is 24.8. The van der Waals surface area contributed by atoms with Crippen molar-refractivity contribution in [3.63, 3.8) is 0 Å². The molecule has 5 atom stereocenters. The van der Waals surface area contributed by atoms with Crippen molar-refractivity contribution in [2.45, 2.75) is 94.9 Å². The Balaban J connectivity index is 1.29. The van der Waals surface area contributed by atoms with E-state index in [1.54, 1.807) is 12.3 Å². The molecular formula is C33H43NO8. The molecule has 1 amide bonds. The van der Waals surface area contributed by atoms with Crippen molar-refractivity contribution in [1.82, 2.24) is 4.90 Å². The minimum absolute atomic E-state index is 0.144. The van der Waals surface area contributed by atoms with Crippen LogP contribution >= 0.6 is 0 Å². The van der Waals surface area contributed by atoms with Crippen LogP contribution < -0.4 is 0 Å². The zero-order chi connectivity index (χ0) is 29.7. The van der Waals surface area contributed by atoms with Crippen LogP contribution in [0, 0.1) is 0 Å². The van der Waals surface area contributed by atoms with E-state index in [1.165, 1.54) is 23.8 Å². The van der Waals surface area contributed by atoms with E-state index in [4.69, 9.17) is 23.7 Å². The van der Waals surface area contributed by atoms with Gasteiger partial charge in [-0.2, -0.15) is 0 Å². The molecule has 0 bridgehead atoms. The number of carbonyl (C=O) groups is 2. The third-order valence-corrected chi connectivity index (χ3v) is 8.48. The van der Waals surface area contributed by atoms with Gasteiger partial charge in [0, 0.05) is 19.6 Å². The smallest absolute Gasteiger partial charge is 0.410 e. The van der Waals surface area contributed by atoms with Crippen molar-refractivity contribution in [3.05, 3.63) is 65.5 Å². The summed E-state index contributed by atoms with van der Waals surface area (Å²) < 4.78 is 29.7. The summed E-state index contributed by atoms with van der Waals surface area (Å²) in [5.41, 5.74) is 4.28. The summed E-state index contributed by atoms with van der Waals surface area (Å²) >= 11 is 0. The molecule has 42 heavy (non-hydrogen) atoms. The average Bonchev–Trinajstić information content (AvgIpc) is 3.32. The molecule has 0 spiro atoms. The van der Waals surface area contributed by atoms with Crippen LogP contribution in [0.15, 0.2) is 54.3 Å². The summed E-state index contributed by atoms with van der Waals surface area (Å²) in [7, 11) is 1.43. The third kappa shape index (κ3) is 6.90. The third-order valence-electron chi connectivity index (χ3n) is 8.48. The molecule has 1 saturated heterocycles. The van der Waals surface area contributed by atoms with Gasteiger partial charge in [0.2, 0.25) is 0 Å². The maximum Gasteiger partial charge on any atom is 0.410 e. The average molecular weight is 582 g/mol. The van der Waals surface area contributed by atoms with Gasteiger partial charge in [0.1, 0.15) is 0 Å². The maximum absolute atomic E-state index is 13.6. The number of amides is 1. The van der Waals surface area contributed by atoms with Crippen molar-refractivity contribution in [2.24, 2.45) is 0 Å². The van der Waals surface area contributed by atoms with Crippen LogP contribution in [-0.4, -0.2) is 79.1 Å². The topological polar surface area (TPSA) is 104 Å². The van der Waals surface area contributed by atoms with Crippen LogP contribution in [0.25, 0.3) is 5.57 Å². The summed E-state index contributed by atoms with van der Waals surface area (Å²) in [4.78, 5) is 27.0. The molecule has 2 aliphatic carbocycles. The van der Waals surface area contributed by atoms with Crippen LogP contribution in [0.5, 0.6) is 0 Å². The predicted molar refractivity (Wildman–Crippen MR) is 157 cm³/mol. The van der Waals surface area contributed by atoms with E-state index in [2.05, 4.69) is 12.1 Å². The lowest BCUT2D eigenvalue weighted by Crippen LogP contribution is -2.49. The van der Waals surface area contributed by atoms with E-state index in [0.717, 1.165) is 55.4 Å². The fraction of sp³-hybridized carbons (Fsp3) is 0.576. The van der Waals surface area contributed by atoms with Crippen molar-refractivity contribution < 1.29 is 38.4 Å². The summed E-state index contributed by atoms with van der Waals surface area (Å²) in [6.45, 7) is 4.35. The monoisotopic (exact) mass is 581 g/mol. The second kappa shape index (κ2) is 13.4. The maximum atomic E-state index is 13.6. The number of carboxylic acids is 1. The number of ether oxygens (including phenoxy) is 5. The fourth-order valence-electron chi connectivity index (χ4n) is 6.38. The molecule has 4 aliphatic rings. The number of allylic oxidation sites excluding steroid dienone is 3. The van der Waals surface area contributed by atoms with Gasteiger partial charge in [0.25, 0.3) is 0 Å². The van der Waals surface area contributed by atoms with E-state index >= 15 is 0 Å². The summed E-state index contributed by atoms with van der Waals surface area (Å²) in [6.07, 6.45) is 11.9. The van der Waals surface area contributed by atoms with Gasteiger partial charge in [0.15, 0.2) is 24.5 Å². The van der Waals surface area contributed by atoms with Crippen LogP contribution in [0.3, 0.4) is 0 Å². The Morgan fingerprint density at radius 3 is 2.67 bits per heavy atom. The minimum atomic E-state index is -1.25. The molecule has 4 unspecified atom stereocenters. The molecule has 1 aromatic rings. The lowest BCUT2D eigenvalue weighted by Gasteiger charge is -2.35. The van der Waals surface area contributed by atoms with Gasteiger partial charge >= 0.3 is 12.1 Å². The molecule has 228 valence electrons. The van der Waals surface area contributed by atoms with Crippen LogP contribution in [-0.2, 0) is 28.5 Å². The Bertz CT molecular complexity index is 1210. The summed E-state index contributed by atoms with van der Waals surface area (Å²) in [5, 5.41) is 10.0. The molecule has 0 radical (unpaired) electrons. The molecule has 9 nitrogen and oxygen atoms in total. The highest BCUT2D eigenvalue weighted by Crippen LogP contribution is 2.51. The molecule has 1 N–H and O–H groups in total. The van der Waals surface area contributed by atoms with Gasteiger partial charge in [-0.3, -0.25) is 4.90 Å². The number of aliphatic carboxylic acids is 1. The summed E-state index contributed by atoms with van der Waals surface area (Å²) in [5.74, 6) is -1.35.